The van der Waals surface area contributed by atoms with E-state index in [1.165, 1.54) is 22.3 Å². The predicted molar refractivity (Wildman–Crippen MR) is 130 cm³/mol. The van der Waals surface area contributed by atoms with E-state index in [0.717, 1.165) is 51.9 Å². The molecule has 4 N–H and O–H groups in total. The number of aliphatic hydroxyl groups excluding tert-OH is 1. The van der Waals surface area contributed by atoms with E-state index in [0.29, 0.717) is 6.54 Å². The number of carbonyl (C=O) groups excluding carboxylic acids is 1. The van der Waals surface area contributed by atoms with Crippen molar-refractivity contribution in [3.05, 3.63) is 65.2 Å². The Morgan fingerprint density at radius 3 is 2.90 bits per heavy atom. The monoisotopic (exact) mass is 435 g/mol. The van der Waals surface area contributed by atoms with Gasteiger partial charge in [0.2, 0.25) is 0 Å². The molecule has 6 heteroatoms. The summed E-state index contributed by atoms with van der Waals surface area (Å²) in [5.74, 6) is -0.00740. The van der Waals surface area contributed by atoms with E-state index in [9.17, 15) is 4.79 Å². The van der Waals surface area contributed by atoms with E-state index in [2.05, 4.69) is 46.9 Å². The Morgan fingerprint density at radius 2 is 2.06 bits per heavy atom. The maximum atomic E-state index is 13.1. The maximum Gasteiger partial charge on any atom is 0.261 e. The number of hydrogen-bond acceptors (Lipinski definition) is 4. The fourth-order valence-electron chi connectivity index (χ4n) is 3.95. The van der Waals surface area contributed by atoms with Crippen LogP contribution in [0, 0.1) is 0 Å². The number of hydrogen-bond donors (Lipinski definition) is 4. The number of H-pyrrole nitrogens is 1. The molecule has 2 heterocycles. The Morgan fingerprint density at radius 1 is 1.19 bits per heavy atom. The van der Waals surface area contributed by atoms with Crippen molar-refractivity contribution in [3.8, 4) is 0 Å². The van der Waals surface area contributed by atoms with Gasteiger partial charge in [-0.05, 0) is 48.1 Å². The summed E-state index contributed by atoms with van der Waals surface area (Å²) in [4.78, 5) is 17.2. The van der Waals surface area contributed by atoms with Crippen LogP contribution in [0.15, 0.2) is 54.7 Å². The average molecular weight is 436 g/mol. The summed E-state index contributed by atoms with van der Waals surface area (Å²) in [6.45, 7) is 2.78. The third-order valence-corrected chi connectivity index (χ3v) is 6.66. The number of rotatable bonds is 10. The molecule has 5 nitrogen and oxygen atoms in total. The van der Waals surface area contributed by atoms with Crippen LogP contribution in [0.4, 0.5) is 5.69 Å². The highest BCUT2D eigenvalue weighted by atomic mass is 32.1. The van der Waals surface area contributed by atoms with Crippen LogP contribution < -0.4 is 10.6 Å². The molecule has 4 aromatic rings. The van der Waals surface area contributed by atoms with Crippen LogP contribution in [-0.2, 0) is 6.42 Å². The molecule has 2 aromatic heterocycles. The minimum absolute atomic E-state index is 0.00740. The van der Waals surface area contributed by atoms with Crippen molar-refractivity contribution in [1.82, 2.24) is 10.3 Å². The number of carbonyl (C=O) groups is 1. The first-order valence-electron chi connectivity index (χ1n) is 10.9. The Labute approximate surface area is 186 Å². The van der Waals surface area contributed by atoms with Crippen LogP contribution in [0.25, 0.3) is 21.0 Å². The Balaban J connectivity index is 1.50. The number of aromatic nitrogens is 1. The number of unbranched alkanes of at least 4 members (excludes halogenated alkanes) is 1. The van der Waals surface area contributed by atoms with Gasteiger partial charge in [0, 0.05) is 40.1 Å². The summed E-state index contributed by atoms with van der Waals surface area (Å²) in [7, 11) is 0. The zero-order valence-corrected chi connectivity index (χ0v) is 18.6. The number of anilines is 1. The Bertz CT molecular complexity index is 1160. The van der Waals surface area contributed by atoms with Gasteiger partial charge in [-0.3, -0.25) is 4.79 Å². The van der Waals surface area contributed by atoms with Gasteiger partial charge in [0.15, 0.2) is 0 Å². The summed E-state index contributed by atoms with van der Waals surface area (Å²) < 4.78 is 1.06. The lowest BCUT2D eigenvalue weighted by Gasteiger charge is -2.18. The second-order valence-corrected chi connectivity index (χ2v) is 8.97. The van der Waals surface area contributed by atoms with Crippen LogP contribution >= 0.6 is 11.3 Å². The van der Waals surface area contributed by atoms with Gasteiger partial charge in [-0.1, -0.05) is 44.0 Å². The van der Waals surface area contributed by atoms with Crippen LogP contribution in [0.5, 0.6) is 0 Å². The molecule has 0 spiro atoms. The van der Waals surface area contributed by atoms with Crippen molar-refractivity contribution in [2.75, 3.05) is 18.5 Å². The first kappa shape index (κ1) is 21.4. The average Bonchev–Trinajstić information content (AvgIpc) is 3.40. The highest BCUT2D eigenvalue weighted by molar-refractivity contribution is 7.20. The second-order valence-electron chi connectivity index (χ2n) is 7.89. The van der Waals surface area contributed by atoms with E-state index in [1.807, 2.05) is 30.3 Å². The number of para-hydroxylation sites is 1. The number of fused-ring (bicyclic) bond motifs is 2. The minimum atomic E-state index is -0.00740. The van der Waals surface area contributed by atoms with Crippen molar-refractivity contribution in [1.29, 1.82) is 0 Å². The SMILES string of the molecule is CCCCC(Cc1c[nH]c2ccccc12)NC(=O)c1cc2ccc(NCCO)cc2s1. The van der Waals surface area contributed by atoms with Gasteiger partial charge < -0.3 is 20.7 Å². The van der Waals surface area contributed by atoms with E-state index in [4.69, 9.17) is 5.11 Å². The molecule has 31 heavy (non-hydrogen) atoms. The van der Waals surface area contributed by atoms with Gasteiger partial charge in [0.25, 0.3) is 5.91 Å². The third kappa shape index (κ3) is 5.09. The van der Waals surface area contributed by atoms with Crippen LogP contribution in [0.2, 0.25) is 0 Å². The topological polar surface area (TPSA) is 77.2 Å². The van der Waals surface area contributed by atoms with Crippen LogP contribution in [0.1, 0.15) is 41.4 Å². The molecule has 0 saturated carbocycles. The highest BCUT2D eigenvalue weighted by Gasteiger charge is 2.18. The number of aromatic amines is 1. The first-order valence-corrected chi connectivity index (χ1v) is 11.7. The molecule has 0 aliphatic rings. The summed E-state index contributed by atoms with van der Waals surface area (Å²) in [6, 6.07) is 16.4. The van der Waals surface area contributed by atoms with Crippen molar-refractivity contribution in [2.24, 2.45) is 0 Å². The molecular formula is C25H29N3O2S. The second kappa shape index (κ2) is 9.98. The van der Waals surface area contributed by atoms with Crippen molar-refractivity contribution < 1.29 is 9.90 Å². The fraction of sp³-hybridized carbons (Fsp3) is 0.320. The van der Waals surface area contributed by atoms with E-state index in [-0.39, 0.29) is 18.6 Å². The molecule has 1 amide bonds. The minimum Gasteiger partial charge on any atom is -0.395 e. The lowest BCUT2D eigenvalue weighted by molar-refractivity contribution is 0.0938. The smallest absolute Gasteiger partial charge is 0.261 e. The molecule has 0 bridgehead atoms. The van der Waals surface area contributed by atoms with Gasteiger partial charge in [-0.25, -0.2) is 0 Å². The Hall–Kier alpha value is -2.83. The van der Waals surface area contributed by atoms with Crippen molar-refractivity contribution in [3.63, 3.8) is 0 Å². The summed E-state index contributed by atoms with van der Waals surface area (Å²) in [6.07, 6.45) is 6.03. The molecule has 1 atom stereocenters. The molecule has 162 valence electrons. The van der Waals surface area contributed by atoms with Gasteiger partial charge in [-0.15, -0.1) is 11.3 Å². The standard InChI is InChI=1S/C25H29N3O2S/c1-2-3-6-20(13-18-16-27-22-8-5-4-7-21(18)22)28-25(30)24-14-17-9-10-19(26-11-12-29)15-23(17)31-24/h4-5,7-10,14-16,20,26-27,29H,2-3,6,11-13H2,1H3,(H,28,30). The lowest BCUT2D eigenvalue weighted by Crippen LogP contribution is -2.36. The molecule has 0 fully saturated rings. The number of benzene rings is 2. The van der Waals surface area contributed by atoms with Gasteiger partial charge in [0.05, 0.1) is 11.5 Å². The Kier molecular flexibility index (Phi) is 6.89. The number of nitrogens with one attached hydrogen (secondary N) is 3. The van der Waals surface area contributed by atoms with Crippen LogP contribution in [0.3, 0.4) is 0 Å². The van der Waals surface area contributed by atoms with E-state index in [1.54, 1.807) is 0 Å². The normalized spacial score (nSPS) is 12.3. The molecular weight excluding hydrogens is 406 g/mol. The van der Waals surface area contributed by atoms with Crippen molar-refractivity contribution >= 4 is 43.9 Å². The zero-order chi connectivity index (χ0) is 21.6. The van der Waals surface area contributed by atoms with Crippen molar-refractivity contribution in [2.45, 2.75) is 38.6 Å². The number of thiophene rings is 1. The first-order chi connectivity index (χ1) is 15.2. The molecule has 4 rings (SSSR count). The van der Waals surface area contributed by atoms with Gasteiger partial charge in [-0.2, -0.15) is 0 Å². The van der Waals surface area contributed by atoms with Gasteiger partial charge in [0.1, 0.15) is 0 Å². The lowest BCUT2D eigenvalue weighted by atomic mass is 10.0. The van der Waals surface area contributed by atoms with E-state index >= 15 is 0 Å². The summed E-state index contributed by atoms with van der Waals surface area (Å²) in [5, 5.41) is 17.7. The molecule has 0 aliphatic carbocycles. The van der Waals surface area contributed by atoms with E-state index < -0.39 is 0 Å². The molecule has 2 aromatic carbocycles. The maximum absolute atomic E-state index is 13.1. The fourth-order valence-corrected chi connectivity index (χ4v) is 4.96. The summed E-state index contributed by atoms with van der Waals surface area (Å²) in [5.41, 5.74) is 3.33. The summed E-state index contributed by atoms with van der Waals surface area (Å²) >= 11 is 1.51. The van der Waals surface area contributed by atoms with Gasteiger partial charge >= 0.3 is 0 Å². The zero-order valence-electron chi connectivity index (χ0n) is 17.8. The number of aliphatic hydroxyl groups is 1. The van der Waals surface area contributed by atoms with Crippen LogP contribution in [-0.4, -0.2) is 35.2 Å². The highest BCUT2D eigenvalue weighted by Crippen LogP contribution is 2.29. The third-order valence-electron chi connectivity index (χ3n) is 5.57. The molecule has 0 radical (unpaired) electrons. The molecule has 0 aliphatic heterocycles. The predicted octanol–water partition coefficient (Wildman–Crippen LogP) is 5.32. The number of amides is 1. The quantitative estimate of drug-likeness (QED) is 0.272. The largest absolute Gasteiger partial charge is 0.395 e. The molecule has 0 saturated heterocycles. The molecule has 1 unspecified atom stereocenters.